The number of aryl methyl sites for hydroxylation is 1. The molecule has 6 heteroatoms. The first kappa shape index (κ1) is 14.9. The van der Waals surface area contributed by atoms with E-state index in [9.17, 15) is 4.79 Å². The second-order valence-corrected chi connectivity index (χ2v) is 5.87. The normalized spacial score (nSPS) is 12.5. The van der Waals surface area contributed by atoms with Crippen molar-refractivity contribution in [1.82, 2.24) is 15.6 Å². The van der Waals surface area contributed by atoms with Crippen molar-refractivity contribution in [2.24, 2.45) is 5.92 Å². The lowest BCUT2D eigenvalue weighted by molar-refractivity contribution is 0.218. The number of hydrogen-bond donors (Lipinski definition) is 3. The molecule has 1 aromatic rings. The van der Waals surface area contributed by atoms with Gasteiger partial charge in [-0.2, -0.15) is 0 Å². The van der Waals surface area contributed by atoms with Gasteiger partial charge >= 0.3 is 6.03 Å². The number of carbonyl (C=O) groups excluding carboxylic acids is 1. The van der Waals surface area contributed by atoms with E-state index >= 15 is 0 Å². The Morgan fingerprint density at radius 2 is 2.28 bits per heavy atom. The van der Waals surface area contributed by atoms with E-state index in [1.54, 1.807) is 17.5 Å². The van der Waals surface area contributed by atoms with Crippen LogP contribution in [0.2, 0.25) is 0 Å². The monoisotopic (exact) mass is 271 g/mol. The highest BCUT2D eigenvalue weighted by Gasteiger charge is 2.15. The maximum Gasteiger partial charge on any atom is 0.315 e. The molecule has 0 aliphatic carbocycles. The molecule has 102 valence electrons. The molecule has 1 atom stereocenters. The molecule has 0 aliphatic heterocycles. The SMILES string of the molecule is Cc1cnc(CNC(=O)NC(CCO)C(C)C)s1. The fourth-order valence-corrected chi connectivity index (χ4v) is 2.30. The summed E-state index contributed by atoms with van der Waals surface area (Å²) >= 11 is 1.57. The molecule has 1 aromatic heterocycles. The zero-order valence-electron chi connectivity index (χ0n) is 11.1. The molecule has 18 heavy (non-hydrogen) atoms. The van der Waals surface area contributed by atoms with Crippen LogP contribution in [0.3, 0.4) is 0 Å². The molecule has 0 saturated carbocycles. The van der Waals surface area contributed by atoms with Crippen LogP contribution in [-0.2, 0) is 6.54 Å². The Labute approximate surface area is 112 Å². The van der Waals surface area contributed by atoms with Crippen LogP contribution < -0.4 is 10.6 Å². The number of aromatic nitrogens is 1. The van der Waals surface area contributed by atoms with Gasteiger partial charge in [0.15, 0.2) is 0 Å². The number of aliphatic hydroxyl groups is 1. The minimum atomic E-state index is -0.213. The fourth-order valence-electron chi connectivity index (χ4n) is 1.57. The van der Waals surface area contributed by atoms with Gasteiger partial charge in [-0.3, -0.25) is 0 Å². The zero-order valence-corrected chi connectivity index (χ0v) is 11.9. The van der Waals surface area contributed by atoms with Gasteiger partial charge in [-0.05, 0) is 19.3 Å². The smallest absolute Gasteiger partial charge is 0.315 e. The highest BCUT2D eigenvalue weighted by Crippen LogP contribution is 2.10. The minimum Gasteiger partial charge on any atom is -0.396 e. The molecule has 0 aliphatic rings. The van der Waals surface area contributed by atoms with E-state index in [4.69, 9.17) is 5.11 Å². The van der Waals surface area contributed by atoms with Crippen molar-refractivity contribution in [2.45, 2.75) is 39.8 Å². The second kappa shape index (κ2) is 7.33. The van der Waals surface area contributed by atoms with E-state index < -0.39 is 0 Å². The topological polar surface area (TPSA) is 74.2 Å². The van der Waals surface area contributed by atoms with E-state index in [2.05, 4.69) is 15.6 Å². The van der Waals surface area contributed by atoms with Crippen LogP contribution in [0.15, 0.2) is 6.20 Å². The van der Waals surface area contributed by atoms with Crippen LogP contribution in [0, 0.1) is 12.8 Å². The standard InChI is InChI=1S/C12H21N3O2S/c1-8(2)10(4-5-16)15-12(17)14-7-11-13-6-9(3)18-11/h6,8,10,16H,4-5,7H2,1-3H3,(H2,14,15,17). The number of nitrogens with one attached hydrogen (secondary N) is 2. The molecule has 1 rings (SSSR count). The third kappa shape index (κ3) is 5.01. The highest BCUT2D eigenvalue weighted by atomic mass is 32.1. The summed E-state index contributed by atoms with van der Waals surface area (Å²) in [6.07, 6.45) is 2.36. The molecule has 1 unspecified atom stereocenters. The highest BCUT2D eigenvalue weighted by molar-refractivity contribution is 7.11. The largest absolute Gasteiger partial charge is 0.396 e. The number of carbonyl (C=O) groups is 1. The van der Waals surface area contributed by atoms with Gasteiger partial charge in [-0.15, -0.1) is 11.3 Å². The molecule has 0 radical (unpaired) electrons. The van der Waals surface area contributed by atoms with Crippen molar-refractivity contribution in [3.05, 3.63) is 16.1 Å². The predicted octanol–water partition coefficient (Wildman–Crippen LogP) is 1.66. The van der Waals surface area contributed by atoms with Crippen molar-refractivity contribution >= 4 is 17.4 Å². The van der Waals surface area contributed by atoms with Crippen molar-refractivity contribution < 1.29 is 9.90 Å². The van der Waals surface area contributed by atoms with Crippen molar-refractivity contribution in [2.75, 3.05) is 6.61 Å². The molecule has 0 aromatic carbocycles. The van der Waals surface area contributed by atoms with Gasteiger partial charge in [-0.1, -0.05) is 13.8 Å². The van der Waals surface area contributed by atoms with Gasteiger partial charge < -0.3 is 15.7 Å². The number of nitrogens with zero attached hydrogens (tertiary/aromatic N) is 1. The van der Waals surface area contributed by atoms with E-state index in [1.165, 1.54) is 0 Å². The Morgan fingerprint density at radius 3 is 2.78 bits per heavy atom. The number of rotatable bonds is 6. The first-order valence-corrected chi connectivity index (χ1v) is 6.91. The van der Waals surface area contributed by atoms with Crippen molar-refractivity contribution in [3.8, 4) is 0 Å². The molecule has 5 nitrogen and oxygen atoms in total. The Bertz CT molecular complexity index is 379. The average Bonchev–Trinajstić information content (AvgIpc) is 2.72. The van der Waals surface area contributed by atoms with Gasteiger partial charge in [0.2, 0.25) is 0 Å². The number of urea groups is 1. The van der Waals surface area contributed by atoms with Crippen LogP contribution in [0.25, 0.3) is 0 Å². The molecular weight excluding hydrogens is 250 g/mol. The molecule has 0 spiro atoms. The second-order valence-electron chi connectivity index (χ2n) is 4.55. The molecule has 0 fully saturated rings. The number of thiazole rings is 1. The van der Waals surface area contributed by atoms with Crippen molar-refractivity contribution in [1.29, 1.82) is 0 Å². The van der Waals surface area contributed by atoms with Gasteiger partial charge in [0.1, 0.15) is 5.01 Å². The third-order valence-corrected chi connectivity index (χ3v) is 3.54. The molecular formula is C12H21N3O2S. The summed E-state index contributed by atoms with van der Waals surface area (Å²) in [6, 6.07) is -0.219. The maximum atomic E-state index is 11.7. The molecule has 1 heterocycles. The van der Waals surface area contributed by atoms with Gasteiger partial charge in [0.05, 0.1) is 6.54 Å². The maximum absolute atomic E-state index is 11.7. The summed E-state index contributed by atoms with van der Waals surface area (Å²) in [5, 5.41) is 15.5. The summed E-state index contributed by atoms with van der Waals surface area (Å²) in [7, 11) is 0. The fraction of sp³-hybridized carbons (Fsp3) is 0.667. The van der Waals surface area contributed by atoms with Crippen LogP contribution in [0.1, 0.15) is 30.2 Å². The average molecular weight is 271 g/mol. The quantitative estimate of drug-likeness (QED) is 0.736. The summed E-state index contributed by atoms with van der Waals surface area (Å²) in [5.74, 6) is 0.296. The first-order valence-electron chi connectivity index (χ1n) is 6.09. The van der Waals surface area contributed by atoms with E-state index in [-0.39, 0.29) is 18.7 Å². The van der Waals surface area contributed by atoms with E-state index in [1.807, 2.05) is 20.8 Å². The van der Waals surface area contributed by atoms with Gasteiger partial charge in [-0.25, -0.2) is 9.78 Å². The van der Waals surface area contributed by atoms with Crippen molar-refractivity contribution in [3.63, 3.8) is 0 Å². The first-order chi connectivity index (χ1) is 8.52. The predicted molar refractivity (Wildman–Crippen MR) is 72.6 cm³/mol. The lowest BCUT2D eigenvalue weighted by Crippen LogP contribution is -2.44. The molecule has 3 N–H and O–H groups in total. The van der Waals surface area contributed by atoms with E-state index in [0.717, 1.165) is 9.88 Å². The lowest BCUT2D eigenvalue weighted by atomic mass is 10.0. The van der Waals surface area contributed by atoms with Crippen LogP contribution in [-0.4, -0.2) is 28.8 Å². The van der Waals surface area contributed by atoms with Gasteiger partial charge in [0, 0.05) is 23.7 Å². The van der Waals surface area contributed by atoms with Crippen LogP contribution in [0.4, 0.5) is 4.79 Å². The molecule has 0 saturated heterocycles. The van der Waals surface area contributed by atoms with Gasteiger partial charge in [0.25, 0.3) is 0 Å². The Morgan fingerprint density at radius 1 is 1.56 bits per heavy atom. The summed E-state index contributed by atoms with van der Waals surface area (Å²) in [5.41, 5.74) is 0. The lowest BCUT2D eigenvalue weighted by Gasteiger charge is -2.21. The summed E-state index contributed by atoms with van der Waals surface area (Å²) in [6.45, 7) is 6.54. The van der Waals surface area contributed by atoms with Crippen LogP contribution >= 0.6 is 11.3 Å². The Hall–Kier alpha value is -1.14. The number of aliphatic hydroxyl groups excluding tert-OH is 1. The van der Waals surface area contributed by atoms with E-state index in [0.29, 0.717) is 18.9 Å². The third-order valence-electron chi connectivity index (χ3n) is 2.63. The summed E-state index contributed by atoms with van der Waals surface area (Å²) in [4.78, 5) is 17.0. The number of amides is 2. The Kier molecular flexibility index (Phi) is 6.07. The number of hydrogen-bond acceptors (Lipinski definition) is 4. The Balaban J connectivity index is 2.36. The zero-order chi connectivity index (χ0) is 13.5. The summed E-state index contributed by atoms with van der Waals surface area (Å²) < 4.78 is 0. The molecule has 0 bridgehead atoms. The molecule has 2 amide bonds. The minimum absolute atomic E-state index is 0.00645. The van der Waals surface area contributed by atoms with Crippen LogP contribution in [0.5, 0.6) is 0 Å².